The van der Waals surface area contributed by atoms with Crippen LogP contribution < -0.4 is 10.9 Å². The molecule has 2 N–H and O–H groups in total. The molecule has 1 saturated heterocycles. The quantitative estimate of drug-likeness (QED) is 0.633. The molecule has 1 aliphatic rings. The number of hydrogen-bond donors (Lipinski definition) is 2. The highest BCUT2D eigenvalue weighted by molar-refractivity contribution is 5.85. The van der Waals surface area contributed by atoms with Gasteiger partial charge in [-0.25, -0.2) is 4.79 Å². The number of amides is 2. The molecule has 2 aromatic carbocycles. The van der Waals surface area contributed by atoms with Gasteiger partial charge in [0.25, 0.3) is 5.56 Å². The standard InChI is InChI=1S/C25H29N3O3/c1-17-10-11-18(2)23-22(17)13-20(24(29)27-23)15-28(16-21-9-6-12-31-21)25(30)26-14-19-7-4-3-5-8-19/h3-5,7-8,10-11,13,21H,6,9,12,14-16H2,1-2H3,(H,26,30)(H,27,29)/t21-/m1/s1. The molecule has 0 radical (unpaired) electrons. The number of ether oxygens (including phenoxy) is 1. The van der Waals surface area contributed by atoms with E-state index in [9.17, 15) is 9.59 Å². The van der Waals surface area contributed by atoms with Crippen molar-refractivity contribution in [1.82, 2.24) is 15.2 Å². The lowest BCUT2D eigenvalue weighted by Gasteiger charge is -2.26. The maximum Gasteiger partial charge on any atom is 0.318 e. The number of nitrogens with one attached hydrogen (secondary N) is 2. The van der Waals surface area contributed by atoms with Gasteiger partial charge in [-0.15, -0.1) is 0 Å². The van der Waals surface area contributed by atoms with E-state index < -0.39 is 0 Å². The van der Waals surface area contributed by atoms with E-state index in [0.717, 1.165) is 47.0 Å². The van der Waals surface area contributed by atoms with Gasteiger partial charge in [0.2, 0.25) is 0 Å². The van der Waals surface area contributed by atoms with E-state index in [0.29, 0.717) is 18.7 Å². The van der Waals surface area contributed by atoms with Crippen molar-refractivity contribution in [2.24, 2.45) is 0 Å². The lowest BCUT2D eigenvalue weighted by atomic mass is 10.0. The second kappa shape index (κ2) is 9.35. The number of rotatable bonds is 6. The molecule has 1 aliphatic heterocycles. The molecule has 2 amide bonds. The molecule has 6 nitrogen and oxygen atoms in total. The fourth-order valence-corrected chi connectivity index (χ4v) is 4.08. The van der Waals surface area contributed by atoms with Crippen LogP contribution in [0.1, 0.15) is 35.1 Å². The van der Waals surface area contributed by atoms with E-state index in [4.69, 9.17) is 4.74 Å². The fourth-order valence-electron chi connectivity index (χ4n) is 4.08. The largest absolute Gasteiger partial charge is 0.376 e. The van der Waals surface area contributed by atoms with E-state index in [1.807, 2.05) is 56.3 Å². The number of fused-ring (bicyclic) bond motifs is 1. The normalized spacial score (nSPS) is 15.9. The molecule has 1 aromatic heterocycles. The van der Waals surface area contributed by atoms with Gasteiger partial charge in [-0.1, -0.05) is 42.5 Å². The molecule has 0 saturated carbocycles. The first-order valence-corrected chi connectivity index (χ1v) is 10.8. The van der Waals surface area contributed by atoms with Crippen molar-refractivity contribution in [1.29, 1.82) is 0 Å². The zero-order chi connectivity index (χ0) is 21.8. The van der Waals surface area contributed by atoms with E-state index in [1.54, 1.807) is 4.90 Å². The Morgan fingerprint density at radius 1 is 1.16 bits per heavy atom. The van der Waals surface area contributed by atoms with Crippen LogP contribution in [0.25, 0.3) is 10.9 Å². The van der Waals surface area contributed by atoms with Gasteiger partial charge >= 0.3 is 6.03 Å². The van der Waals surface area contributed by atoms with Crippen molar-refractivity contribution in [3.63, 3.8) is 0 Å². The molecular formula is C25H29N3O3. The third-order valence-corrected chi connectivity index (χ3v) is 5.90. The smallest absolute Gasteiger partial charge is 0.318 e. The minimum atomic E-state index is -0.195. The first-order valence-electron chi connectivity index (χ1n) is 10.8. The molecular weight excluding hydrogens is 390 g/mol. The molecule has 6 heteroatoms. The summed E-state index contributed by atoms with van der Waals surface area (Å²) in [4.78, 5) is 30.6. The Morgan fingerprint density at radius 3 is 2.68 bits per heavy atom. The average molecular weight is 420 g/mol. The topological polar surface area (TPSA) is 74.4 Å². The highest BCUT2D eigenvalue weighted by Crippen LogP contribution is 2.21. The van der Waals surface area contributed by atoms with Gasteiger partial charge < -0.3 is 19.9 Å². The van der Waals surface area contributed by atoms with Gasteiger partial charge in [-0.05, 0) is 49.4 Å². The van der Waals surface area contributed by atoms with Crippen molar-refractivity contribution in [3.8, 4) is 0 Å². The minimum absolute atomic E-state index is 0.00555. The Labute approximate surface area is 182 Å². The number of aromatic amines is 1. The Bertz CT molecular complexity index is 1120. The number of carbonyl (C=O) groups excluding carboxylic acids is 1. The predicted octanol–water partition coefficient (Wildman–Crippen LogP) is 4.04. The van der Waals surface area contributed by atoms with Crippen LogP contribution in [0.4, 0.5) is 4.79 Å². The van der Waals surface area contributed by atoms with Crippen molar-refractivity contribution in [2.75, 3.05) is 13.2 Å². The number of H-pyrrole nitrogens is 1. The molecule has 2 heterocycles. The highest BCUT2D eigenvalue weighted by Gasteiger charge is 2.24. The molecule has 1 atom stereocenters. The summed E-state index contributed by atoms with van der Waals surface area (Å²) in [5, 5.41) is 4.00. The highest BCUT2D eigenvalue weighted by atomic mass is 16.5. The Hall–Kier alpha value is -3.12. The molecule has 0 bridgehead atoms. The zero-order valence-electron chi connectivity index (χ0n) is 18.1. The molecule has 162 valence electrons. The molecule has 31 heavy (non-hydrogen) atoms. The van der Waals surface area contributed by atoms with Crippen molar-refractivity contribution in [2.45, 2.75) is 45.9 Å². The number of carbonyl (C=O) groups is 1. The molecule has 1 fully saturated rings. The van der Waals surface area contributed by atoms with Crippen LogP contribution in [-0.2, 0) is 17.8 Å². The number of benzene rings is 2. The van der Waals surface area contributed by atoms with E-state index in [-0.39, 0.29) is 24.2 Å². The first kappa shape index (κ1) is 21.1. The summed E-state index contributed by atoms with van der Waals surface area (Å²) >= 11 is 0. The van der Waals surface area contributed by atoms with Crippen molar-refractivity contribution >= 4 is 16.9 Å². The average Bonchev–Trinajstić information content (AvgIpc) is 3.29. The first-order chi connectivity index (χ1) is 15.0. The summed E-state index contributed by atoms with van der Waals surface area (Å²) in [5.74, 6) is 0. The lowest BCUT2D eigenvalue weighted by molar-refractivity contribution is 0.0793. The maximum absolute atomic E-state index is 13.1. The molecule has 0 aliphatic carbocycles. The number of aromatic nitrogens is 1. The SMILES string of the molecule is Cc1ccc(C)c2[nH]c(=O)c(CN(C[C@H]3CCCO3)C(=O)NCc3ccccc3)cc12. The molecule has 3 aromatic rings. The fraction of sp³-hybridized carbons (Fsp3) is 0.360. The second-order valence-corrected chi connectivity index (χ2v) is 8.27. The van der Waals surface area contributed by atoms with Crippen molar-refractivity contribution in [3.05, 3.63) is 81.1 Å². The number of urea groups is 1. The van der Waals surface area contributed by atoms with E-state index >= 15 is 0 Å². The summed E-state index contributed by atoms with van der Waals surface area (Å²) in [5.41, 5.74) is 4.43. The molecule has 0 spiro atoms. The van der Waals surface area contributed by atoms with Gasteiger partial charge in [0.15, 0.2) is 0 Å². The lowest BCUT2D eigenvalue weighted by Crippen LogP contribution is -2.43. The Morgan fingerprint density at radius 2 is 1.94 bits per heavy atom. The number of aryl methyl sites for hydroxylation is 2. The van der Waals surface area contributed by atoms with Gasteiger partial charge in [0.1, 0.15) is 0 Å². The number of pyridine rings is 1. The van der Waals surface area contributed by atoms with Crippen LogP contribution in [0.15, 0.2) is 53.3 Å². The van der Waals surface area contributed by atoms with Crippen LogP contribution >= 0.6 is 0 Å². The van der Waals surface area contributed by atoms with Crippen LogP contribution in [0, 0.1) is 13.8 Å². The summed E-state index contributed by atoms with van der Waals surface area (Å²) < 4.78 is 5.76. The summed E-state index contributed by atoms with van der Waals surface area (Å²) in [6.45, 7) is 5.87. The third kappa shape index (κ3) is 4.97. The van der Waals surface area contributed by atoms with Gasteiger partial charge in [-0.3, -0.25) is 4.79 Å². The van der Waals surface area contributed by atoms with Crippen LogP contribution in [0.3, 0.4) is 0 Å². The van der Waals surface area contributed by atoms with Gasteiger partial charge in [-0.2, -0.15) is 0 Å². The van der Waals surface area contributed by atoms with Crippen LogP contribution in [0.5, 0.6) is 0 Å². The monoisotopic (exact) mass is 419 g/mol. The zero-order valence-corrected chi connectivity index (χ0v) is 18.1. The summed E-state index contributed by atoms with van der Waals surface area (Å²) in [6.07, 6.45) is 1.93. The van der Waals surface area contributed by atoms with Gasteiger partial charge in [0.05, 0.1) is 18.2 Å². The minimum Gasteiger partial charge on any atom is -0.376 e. The number of hydrogen-bond acceptors (Lipinski definition) is 3. The Kier molecular flexibility index (Phi) is 6.37. The van der Waals surface area contributed by atoms with Crippen LogP contribution in [0.2, 0.25) is 0 Å². The van der Waals surface area contributed by atoms with E-state index in [1.165, 1.54) is 0 Å². The maximum atomic E-state index is 13.1. The van der Waals surface area contributed by atoms with Crippen LogP contribution in [-0.4, -0.2) is 35.2 Å². The van der Waals surface area contributed by atoms with Gasteiger partial charge in [0, 0.05) is 30.6 Å². The predicted molar refractivity (Wildman–Crippen MR) is 122 cm³/mol. The number of nitrogens with zero attached hydrogens (tertiary/aromatic N) is 1. The molecule has 0 unspecified atom stereocenters. The third-order valence-electron chi connectivity index (χ3n) is 5.90. The summed E-state index contributed by atoms with van der Waals surface area (Å²) in [7, 11) is 0. The Balaban J connectivity index is 1.57. The second-order valence-electron chi connectivity index (χ2n) is 8.27. The van der Waals surface area contributed by atoms with Crippen molar-refractivity contribution < 1.29 is 9.53 Å². The summed E-state index contributed by atoms with van der Waals surface area (Å²) in [6, 6.07) is 15.6. The molecule has 4 rings (SSSR count). The van der Waals surface area contributed by atoms with E-state index in [2.05, 4.69) is 16.4 Å².